The van der Waals surface area contributed by atoms with Crippen LogP contribution in [0.15, 0.2) is 23.1 Å². The van der Waals surface area contributed by atoms with Gasteiger partial charge in [-0.25, -0.2) is 0 Å². The number of hydrogen-bond donors (Lipinski definition) is 0. The van der Waals surface area contributed by atoms with Gasteiger partial charge in [-0.2, -0.15) is 0 Å². The van der Waals surface area contributed by atoms with Gasteiger partial charge in [0.25, 0.3) is 0 Å². The molecule has 14 heavy (non-hydrogen) atoms. The number of thioether (sulfide) groups is 1. The lowest BCUT2D eigenvalue weighted by Crippen LogP contribution is -2.10. The van der Waals surface area contributed by atoms with Gasteiger partial charge in [0.05, 0.1) is 4.83 Å². The molecule has 0 fully saturated rings. The van der Waals surface area contributed by atoms with Crippen molar-refractivity contribution in [2.45, 2.75) is 16.6 Å². The first-order valence-electron chi connectivity index (χ1n) is 4.07. The van der Waals surface area contributed by atoms with Crippen LogP contribution < -0.4 is 0 Å². The average molecular weight is 385 g/mol. The number of rotatable bonds is 3. The van der Waals surface area contributed by atoms with Gasteiger partial charge in [0.2, 0.25) is 0 Å². The second-order valence-electron chi connectivity index (χ2n) is 2.86. The third-order valence-corrected chi connectivity index (χ3v) is 3.50. The van der Waals surface area contributed by atoms with Crippen LogP contribution in [0.5, 0.6) is 0 Å². The summed E-state index contributed by atoms with van der Waals surface area (Å²) in [7, 11) is 0. The van der Waals surface area contributed by atoms with Crippen LogP contribution in [0.1, 0.15) is 17.3 Å². The molecule has 0 N–H and O–H groups in total. The molecule has 1 atom stereocenters. The van der Waals surface area contributed by atoms with Crippen molar-refractivity contribution in [2.75, 3.05) is 6.26 Å². The predicted molar refractivity (Wildman–Crippen MR) is 73.7 cm³/mol. The zero-order chi connectivity index (χ0) is 10.7. The van der Waals surface area contributed by atoms with Gasteiger partial charge in [0, 0.05) is 14.0 Å². The number of halogens is 2. The van der Waals surface area contributed by atoms with Gasteiger partial charge in [0.1, 0.15) is 0 Å². The van der Waals surface area contributed by atoms with Crippen molar-refractivity contribution >= 4 is 56.1 Å². The Morgan fingerprint density at radius 1 is 1.50 bits per heavy atom. The molecule has 0 spiro atoms. The first-order chi connectivity index (χ1) is 6.54. The maximum absolute atomic E-state index is 11.7. The van der Waals surface area contributed by atoms with Crippen LogP contribution in [0.4, 0.5) is 0 Å². The second kappa shape index (κ2) is 5.51. The van der Waals surface area contributed by atoms with Gasteiger partial charge in [-0.15, -0.1) is 11.8 Å². The summed E-state index contributed by atoms with van der Waals surface area (Å²) in [4.78, 5) is 12.7. The summed E-state index contributed by atoms with van der Waals surface area (Å²) in [5.41, 5.74) is 0.783. The minimum Gasteiger partial charge on any atom is -0.293 e. The number of Topliss-reactive ketones (excluding diaryl/α,β-unsaturated/α-hetero) is 1. The van der Waals surface area contributed by atoms with Crippen molar-refractivity contribution in [1.82, 2.24) is 0 Å². The van der Waals surface area contributed by atoms with Gasteiger partial charge in [-0.3, -0.25) is 4.79 Å². The quantitative estimate of drug-likeness (QED) is 0.339. The van der Waals surface area contributed by atoms with Crippen LogP contribution in [-0.2, 0) is 0 Å². The summed E-state index contributed by atoms with van der Waals surface area (Å²) >= 11 is 7.17. The van der Waals surface area contributed by atoms with E-state index in [-0.39, 0.29) is 10.6 Å². The molecule has 1 unspecified atom stereocenters. The fourth-order valence-electron chi connectivity index (χ4n) is 1.05. The van der Waals surface area contributed by atoms with Crippen molar-refractivity contribution in [3.05, 3.63) is 27.3 Å². The molecule has 0 aliphatic heterocycles. The number of benzene rings is 1. The van der Waals surface area contributed by atoms with Crippen molar-refractivity contribution in [3.63, 3.8) is 0 Å². The van der Waals surface area contributed by atoms with Crippen molar-refractivity contribution in [1.29, 1.82) is 0 Å². The minimum absolute atomic E-state index is 0.115. The zero-order valence-corrected chi connectivity index (χ0v) is 12.4. The number of carbonyl (C=O) groups excluding carboxylic acids is 1. The number of alkyl halides is 1. The Morgan fingerprint density at radius 2 is 2.14 bits per heavy atom. The van der Waals surface area contributed by atoms with E-state index in [0.29, 0.717) is 0 Å². The number of hydrogen-bond acceptors (Lipinski definition) is 2. The molecule has 0 saturated heterocycles. The van der Waals surface area contributed by atoms with Gasteiger partial charge >= 0.3 is 0 Å². The monoisotopic (exact) mass is 384 g/mol. The minimum atomic E-state index is -0.115. The summed E-state index contributed by atoms with van der Waals surface area (Å²) in [6, 6.07) is 5.92. The molecule has 1 rings (SSSR count). The topological polar surface area (TPSA) is 17.1 Å². The molecule has 0 bridgehead atoms. The molecule has 0 aromatic heterocycles. The molecule has 0 saturated carbocycles. The van der Waals surface area contributed by atoms with E-state index < -0.39 is 0 Å². The van der Waals surface area contributed by atoms with Gasteiger partial charge in [-0.1, -0.05) is 15.9 Å². The SMILES string of the molecule is CSc1cc(I)cc(C(=O)C(C)Br)c1. The molecule has 0 aliphatic carbocycles. The van der Waals surface area contributed by atoms with Crippen molar-refractivity contribution < 1.29 is 4.79 Å². The highest BCUT2D eigenvalue weighted by atomic mass is 127. The van der Waals surface area contributed by atoms with Crippen LogP contribution in [0.3, 0.4) is 0 Å². The molecule has 1 aromatic rings. The Kier molecular flexibility index (Phi) is 4.93. The average Bonchev–Trinajstić information content (AvgIpc) is 2.15. The first-order valence-corrected chi connectivity index (χ1v) is 7.29. The second-order valence-corrected chi connectivity index (χ2v) is 6.36. The molecule has 76 valence electrons. The van der Waals surface area contributed by atoms with Crippen LogP contribution in [0, 0.1) is 3.57 Å². The van der Waals surface area contributed by atoms with E-state index in [1.165, 1.54) is 0 Å². The van der Waals surface area contributed by atoms with Crippen LogP contribution in [-0.4, -0.2) is 16.9 Å². The molecule has 0 aliphatic rings. The largest absolute Gasteiger partial charge is 0.293 e. The molecular weight excluding hydrogens is 375 g/mol. The summed E-state index contributed by atoms with van der Waals surface area (Å²) in [5.74, 6) is 0.138. The summed E-state index contributed by atoms with van der Waals surface area (Å²) < 4.78 is 1.10. The molecule has 0 amide bonds. The van der Waals surface area contributed by atoms with E-state index in [1.807, 2.05) is 25.3 Å². The maximum atomic E-state index is 11.7. The summed E-state index contributed by atoms with van der Waals surface area (Å²) in [5, 5.41) is 0. The standard InChI is InChI=1S/C10H10BrIOS/c1-6(11)10(13)7-3-8(12)5-9(4-7)14-2/h3-6H,1-2H3. The highest BCUT2D eigenvalue weighted by Crippen LogP contribution is 2.22. The van der Waals surface area contributed by atoms with Crippen LogP contribution in [0.25, 0.3) is 0 Å². The molecule has 1 nitrogen and oxygen atoms in total. The molecular formula is C10H10BrIOS. The molecule has 4 heteroatoms. The maximum Gasteiger partial charge on any atom is 0.176 e. The third kappa shape index (κ3) is 3.24. The van der Waals surface area contributed by atoms with Crippen molar-refractivity contribution in [2.24, 2.45) is 0 Å². The Balaban J connectivity index is 3.09. The van der Waals surface area contributed by atoms with Gasteiger partial charge in [-0.05, 0) is 54.0 Å². The lowest BCUT2D eigenvalue weighted by molar-refractivity contribution is 0.0995. The van der Waals surface area contributed by atoms with E-state index in [4.69, 9.17) is 0 Å². The highest BCUT2D eigenvalue weighted by molar-refractivity contribution is 14.1. The lowest BCUT2D eigenvalue weighted by Gasteiger charge is -2.05. The number of ketones is 1. The predicted octanol–water partition coefficient (Wildman–Crippen LogP) is 3.98. The van der Waals surface area contributed by atoms with Crippen molar-refractivity contribution in [3.8, 4) is 0 Å². The van der Waals surface area contributed by atoms with E-state index in [0.717, 1.165) is 14.0 Å². The van der Waals surface area contributed by atoms with Crippen LogP contribution >= 0.6 is 50.3 Å². The fraction of sp³-hybridized carbons (Fsp3) is 0.300. The lowest BCUT2D eigenvalue weighted by atomic mass is 10.1. The van der Waals surface area contributed by atoms with Gasteiger partial charge < -0.3 is 0 Å². The van der Waals surface area contributed by atoms with Crippen LogP contribution in [0.2, 0.25) is 0 Å². The Bertz CT molecular complexity index is 352. The van der Waals surface area contributed by atoms with E-state index in [1.54, 1.807) is 11.8 Å². The van der Waals surface area contributed by atoms with E-state index in [2.05, 4.69) is 44.6 Å². The molecule has 0 heterocycles. The first kappa shape index (κ1) is 12.5. The molecule has 0 radical (unpaired) electrons. The Labute approximate surface area is 110 Å². The normalized spacial score (nSPS) is 12.6. The summed E-state index contributed by atoms with van der Waals surface area (Å²) in [6.07, 6.45) is 2.01. The smallest absolute Gasteiger partial charge is 0.176 e. The summed E-state index contributed by atoms with van der Waals surface area (Å²) in [6.45, 7) is 1.85. The third-order valence-electron chi connectivity index (χ3n) is 1.75. The Hall–Kier alpha value is 0.450. The fourth-order valence-corrected chi connectivity index (χ4v) is 2.69. The highest BCUT2D eigenvalue weighted by Gasteiger charge is 2.12. The number of carbonyl (C=O) groups is 1. The van der Waals surface area contributed by atoms with E-state index in [9.17, 15) is 4.79 Å². The Morgan fingerprint density at radius 3 is 2.64 bits per heavy atom. The molecule has 1 aromatic carbocycles. The van der Waals surface area contributed by atoms with Gasteiger partial charge in [0.15, 0.2) is 5.78 Å². The zero-order valence-electron chi connectivity index (χ0n) is 7.88. The van der Waals surface area contributed by atoms with E-state index >= 15 is 0 Å².